The van der Waals surface area contributed by atoms with Gasteiger partial charge in [-0.05, 0) is 35.9 Å². The highest BCUT2D eigenvalue weighted by Gasteiger charge is 2.44. The monoisotopic (exact) mass is 457 g/mol. The second-order valence-electron chi connectivity index (χ2n) is 6.17. The van der Waals surface area contributed by atoms with Gasteiger partial charge >= 0.3 is 0 Å². The maximum Gasteiger partial charge on any atom is 0.297 e. The van der Waals surface area contributed by atoms with E-state index < -0.39 is 23.2 Å². The summed E-state index contributed by atoms with van der Waals surface area (Å²) in [6, 6.07) is 10.2. The molecule has 0 spiro atoms. The van der Waals surface area contributed by atoms with Crippen molar-refractivity contribution < 1.29 is 13.6 Å². The summed E-state index contributed by atoms with van der Waals surface area (Å²) in [4.78, 5) is 27.8. The average molecular weight is 458 g/mol. The normalized spacial score (nSPS) is 16.0. The van der Waals surface area contributed by atoms with E-state index in [1.807, 2.05) is 12.1 Å². The van der Waals surface area contributed by atoms with Gasteiger partial charge < -0.3 is 4.42 Å². The van der Waals surface area contributed by atoms with E-state index in [2.05, 4.69) is 26.1 Å². The minimum Gasteiger partial charge on any atom is -0.450 e. The van der Waals surface area contributed by atoms with E-state index in [1.54, 1.807) is 12.1 Å². The molecule has 0 aliphatic carbocycles. The van der Waals surface area contributed by atoms with Crippen LogP contribution < -0.4 is 10.3 Å². The average Bonchev–Trinajstić information content (AvgIpc) is 3.30. The molecule has 0 N–H and O–H groups in total. The number of nitrogens with zero attached hydrogens (tertiary/aromatic N) is 3. The largest absolute Gasteiger partial charge is 0.450 e. The standard InChI is InChI=1S/C19H9BrFN3O3S/c20-10-3-1-9(2-4-10)15-14-16(25)12-7-11(21)5-6-13(12)27-17(14)18(26)24(15)19-23-22-8-28-19/h1-8,15H. The van der Waals surface area contributed by atoms with E-state index in [4.69, 9.17) is 4.42 Å². The molecule has 4 aromatic rings. The van der Waals surface area contributed by atoms with Crippen molar-refractivity contribution in [2.45, 2.75) is 6.04 Å². The smallest absolute Gasteiger partial charge is 0.297 e. The van der Waals surface area contributed by atoms with Gasteiger partial charge in [-0.2, -0.15) is 0 Å². The van der Waals surface area contributed by atoms with Crippen LogP contribution in [0, 0.1) is 5.82 Å². The highest BCUT2D eigenvalue weighted by molar-refractivity contribution is 9.10. The number of amides is 1. The van der Waals surface area contributed by atoms with Gasteiger partial charge in [0.25, 0.3) is 5.91 Å². The molecule has 5 rings (SSSR count). The van der Waals surface area contributed by atoms with Crippen molar-refractivity contribution in [2.24, 2.45) is 0 Å². The summed E-state index contributed by atoms with van der Waals surface area (Å²) in [5, 5.41) is 8.24. The fourth-order valence-corrected chi connectivity index (χ4v) is 4.22. The fraction of sp³-hybridized carbons (Fsp3) is 0.0526. The van der Waals surface area contributed by atoms with Crippen molar-refractivity contribution in [1.29, 1.82) is 0 Å². The molecule has 2 aromatic heterocycles. The summed E-state index contributed by atoms with van der Waals surface area (Å²) >= 11 is 4.56. The predicted octanol–water partition coefficient (Wildman–Crippen LogP) is 4.30. The van der Waals surface area contributed by atoms with Gasteiger partial charge in [0.05, 0.1) is 17.0 Å². The van der Waals surface area contributed by atoms with Crippen molar-refractivity contribution in [3.63, 3.8) is 0 Å². The Morgan fingerprint density at radius 3 is 2.64 bits per heavy atom. The lowest BCUT2D eigenvalue weighted by molar-refractivity contribution is 0.0970. The first-order valence-electron chi connectivity index (χ1n) is 8.16. The van der Waals surface area contributed by atoms with Gasteiger partial charge in [0, 0.05) is 4.47 Å². The van der Waals surface area contributed by atoms with Gasteiger partial charge in [0.1, 0.15) is 16.9 Å². The molecule has 28 heavy (non-hydrogen) atoms. The van der Waals surface area contributed by atoms with Gasteiger partial charge in [-0.3, -0.25) is 14.5 Å². The first-order chi connectivity index (χ1) is 13.5. The zero-order chi connectivity index (χ0) is 19.4. The van der Waals surface area contributed by atoms with Crippen LogP contribution in [0.3, 0.4) is 0 Å². The second-order valence-corrected chi connectivity index (χ2v) is 7.89. The quantitative estimate of drug-likeness (QED) is 0.448. The minimum atomic E-state index is -0.743. The number of rotatable bonds is 2. The molecule has 1 amide bonds. The Bertz CT molecular complexity index is 1290. The highest BCUT2D eigenvalue weighted by Crippen LogP contribution is 2.41. The van der Waals surface area contributed by atoms with Crippen LogP contribution in [0.25, 0.3) is 11.0 Å². The topological polar surface area (TPSA) is 76.3 Å². The molecule has 0 saturated heterocycles. The molecule has 0 fully saturated rings. The van der Waals surface area contributed by atoms with Crippen LogP contribution in [0.2, 0.25) is 0 Å². The highest BCUT2D eigenvalue weighted by atomic mass is 79.9. The van der Waals surface area contributed by atoms with Crippen molar-refractivity contribution in [1.82, 2.24) is 10.2 Å². The summed E-state index contributed by atoms with van der Waals surface area (Å²) < 4.78 is 20.3. The Kier molecular flexibility index (Phi) is 3.88. The van der Waals surface area contributed by atoms with E-state index in [0.29, 0.717) is 10.7 Å². The first kappa shape index (κ1) is 17.2. The van der Waals surface area contributed by atoms with E-state index in [1.165, 1.54) is 33.9 Å². The molecule has 1 aliphatic rings. The summed E-state index contributed by atoms with van der Waals surface area (Å²) in [5.74, 6) is -1.10. The van der Waals surface area contributed by atoms with E-state index in [-0.39, 0.29) is 22.3 Å². The van der Waals surface area contributed by atoms with E-state index >= 15 is 0 Å². The number of anilines is 1. The molecule has 138 valence electrons. The summed E-state index contributed by atoms with van der Waals surface area (Å²) in [6.07, 6.45) is 0. The predicted molar refractivity (Wildman–Crippen MR) is 105 cm³/mol. The Hall–Kier alpha value is -2.91. The van der Waals surface area contributed by atoms with Crippen LogP contribution in [-0.2, 0) is 0 Å². The molecule has 0 saturated carbocycles. The number of hydrogen-bond acceptors (Lipinski definition) is 6. The molecule has 1 atom stereocenters. The summed E-state index contributed by atoms with van der Waals surface area (Å²) in [6.45, 7) is 0. The van der Waals surface area contributed by atoms with Gasteiger partial charge in [-0.15, -0.1) is 10.2 Å². The maximum atomic E-state index is 13.7. The van der Waals surface area contributed by atoms with E-state index in [0.717, 1.165) is 10.5 Å². The number of hydrogen-bond donors (Lipinski definition) is 0. The lowest BCUT2D eigenvalue weighted by Crippen LogP contribution is -2.29. The Balaban J connectivity index is 1.83. The molecular weight excluding hydrogens is 449 g/mol. The van der Waals surface area contributed by atoms with Crippen LogP contribution in [0.1, 0.15) is 27.7 Å². The molecule has 9 heteroatoms. The molecule has 0 radical (unpaired) electrons. The first-order valence-corrected chi connectivity index (χ1v) is 9.83. The maximum absolute atomic E-state index is 13.7. The second kappa shape index (κ2) is 6.32. The molecule has 3 heterocycles. The molecule has 0 bridgehead atoms. The number of aromatic nitrogens is 2. The van der Waals surface area contributed by atoms with E-state index in [9.17, 15) is 14.0 Å². The number of halogens is 2. The molecule has 1 aliphatic heterocycles. The van der Waals surface area contributed by atoms with Crippen LogP contribution >= 0.6 is 27.3 Å². The summed E-state index contributed by atoms with van der Waals surface area (Å²) in [5.41, 5.74) is 2.09. The van der Waals surface area contributed by atoms with Gasteiger partial charge in [-0.1, -0.05) is 39.4 Å². The fourth-order valence-electron chi connectivity index (χ4n) is 3.38. The Morgan fingerprint density at radius 2 is 1.93 bits per heavy atom. The minimum absolute atomic E-state index is 0.0628. The number of carbonyl (C=O) groups is 1. The van der Waals surface area contributed by atoms with Crippen molar-refractivity contribution in [3.05, 3.63) is 85.4 Å². The van der Waals surface area contributed by atoms with Crippen LogP contribution in [0.15, 0.2) is 61.7 Å². The Morgan fingerprint density at radius 1 is 1.14 bits per heavy atom. The lowest BCUT2D eigenvalue weighted by atomic mass is 9.99. The third kappa shape index (κ3) is 2.50. The zero-order valence-corrected chi connectivity index (χ0v) is 16.3. The molecule has 6 nitrogen and oxygen atoms in total. The third-order valence-corrected chi connectivity index (χ3v) is 5.79. The van der Waals surface area contributed by atoms with Crippen LogP contribution in [0.4, 0.5) is 9.52 Å². The molecule has 1 unspecified atom stereocenters. The Labute approximate surface area is 169 Å². The van der Waals surface area contributed by atoms with Gasteiger partial charge in [-0.25, -0.2) is 4.39 Å². The number of fused-ring (bicyclic) bond motifs is 2. The SMILES string of the molecule is O=C1c2oc3ccc(F)cc3c(=O)c2C(c2ccc(Br)cc2)N1c1nncs1. The van der Waals surface area contributed by atoms with Gasteiger partial charge in [0.2, 0.25) is 10.9 Å². The van der Waals surface area contributed by atoms with Gasteiger partial charge in [0.15, 0.2) is 5.43 Å². The number of carbonyl (C=O) groups excluding carboxylic acids is 1. The number of benzene rings is 2. The third-order valence-electron chi connectivity index (χ3n) is 4.57. The van der Waals surface area contributed by atoms with Crippen molar-refractivity contribution in [2.75, 3.05) is 4.90 Å². The van der Waals surface area contributed by atoms with Crippen molar-refractivity contribution >= 4 is 49.3 Å². The van der Waals surface area contributed by atoms with Crippen molar-refractivity contribution in [3.8, 4) is 0 Å². The van der Waals surface area contributed by atoms with Crippen LogP contribution in [0.5, 0.6) is 0 Å². The zero-order valence-electron chi connectivity index (χ0n) is 13.9. The molecule has 2 aromatic carbocycles. The molecular formula is C19H9BrFN3O3S. The lowest BCUT2D eigenvalue weighted by Gasteiger charge is -2.22. The summed E-state index contributed by atoms with van der Waals surface area (Å²) in [7, 11) is 0. The van der Waals surface area contributed by atoms with Crippen LogP contribution in [-0.4, -0.2) is 16.1 Å².